The number of rotatable bonds is 7. The van der Waals surface area contributed by atoms with Crippen LogP contribution in [-0.2, 0) is 13.0 Å². The molecule has 1 aliphatic carbocycles. The van der Waals surface area contributed by atoms with Gasteiger partial charge in [-0.15, -0.1) is 0 Å². The fraction of sp³-hybridized carbons (Fsp3) is 0.500. The first kappa shape index (κ1) is 24.0. The predicted octanol–water partition coefficient (Wildman–Crippen LogP) is 6.61. The molecular formula is C26H34F2N2. The van der Waals surface area contributed by atoms with E-state index in [1.165, 1.54) is 18.1 Å². The fourth-order valence-corrected chi connectivity index (χ4v) is 4.04. The van der Waals surface area contributed by atoms with Crippen LogP contribution < -0.4 is 0 Å². The third kappa shape index (κ3) is 7.22. The van der Waals surface area contributed by atoms with Gasteiger partial charge in [-0.25, -0.2) is 8.78 Å². The molecule has 3 atom stereocenters. The van der Waals surface area contributed by atoms with Gasteiger partial charge in [0.25, 0.3) is 0 Å². The highest BCUT2D eigenvalue weighted by atomic mass is 19.1. The average molecular weight is 413 g/mol. The van der Waals surface area contributed by atoms with Crippen molar-refractivity contribution in [1.29, 1.82) is 5.26 Å². The van der Waals surface area contributed by atoms with Gasteiger partial charge in [0.05, 0.1) is 6.07 Å². The lowest BCUT2D eigenvalue weighted by molar-refractivity contribution is 0.124. The maximum atomic E-state index is 14.2. The van der Waals surface area contributed by atoms with Gasteiger partial charge in [-0.1, -0.05) is 54.6 Å². The summed E-state index contributed by atoms with van der Waals surface area (Å²) in [5.74, 6) is -0.580. The van der Waals surface area contributed by atoms with Crippen LogP contribution in [0.4, 0.5) is 8.78 Å². The molecule has 30 heavy (non-hydrogen) atoms. The second-order valence-corrected chi connectivity index (χ2v) is 8.24. The van der Waals surface area contributed by atoms with Crippen LogP contribution in [0, 0.1) is 11.3 Å². The maximum absolute atomic E-state index is 14.2. The summed E-state index contributed by atoms with van der Waals surface area (Å²) in [4.78, 5) is 2.37. The number of hydrogen-bond acceptors (Lipinski definition) is 2. The Kier molecular flexibility index (Phi) is 9.97. The Morgan fingerprint density at radius 3 is 2.13 bits per heavy atom. The highest BCUT2D eigenvalue weighted by Gasteiger charge is 2.34. The van der Waals surface area contributed by atoms with Crippen molar-refractivity contribution < 1.29 is 8.78 Å². The molecule has 0 amide bonds. The van der Waals surface area contributed by atoms with Crippen molar-refractivity contribution in [2.24, 2.45) is 0 Å². The summed E-state index contributed by atoms with van der Waals surface area (Å²) in [6, 6.07) is 20.7. The van der Waals surface area contributed by atoms with Crippen molar-refractivity contribution in [2.75, 3.05) is 7.05 Å². The van der Waals surface area contributed by atoms with Gasteiger partial charge in [-0.2, -0.15) is 5.26 Å². The van der Waals surface area contributed by atoms with Gasteiger partial charge in [0.2, 0.25) is 0 Å². The topological polar surface area (TPSA) is 27.0 Å². The number of halogens is 2. The number of hydrogen-bond donors (Lipinski definition) is 0. The average Bonchev–Trinajstić information content (AvgIpc) is 2.74. The van der Waals surface area contributed by atoms with Gasteiger partial charge in [-0.05, 0) is 62.8 Å². The summed E-state index contributed by atoms with van der Waals surface area (Å²) >= 11 is 0. The minimum absolute atomic E-state index is 0.466. The smallest absolute Gasteiger partial charge is 0.110 e. The maximum Gasteiger partial charge on any atom is 0.110 e. The number of alkyl halides is 2. The third-order valence-electron chi connectivity index (χ3n) is 5.98. The van der Waals surface area contributed by atoms with E-state index < -0.39 is 18.3 Å². The van der Waals surface area contributed by atoms with Crippen LogP contribution in [0.2, 0.25) is 0 Å². The van der Waals surface area contributed by atoms with Crippen molar-refractivity contribution in [3.63, 3.8) is 0 Å². The van der Waals surface area contributed by atoms with E-state index in [0.717, 1.165) is 24.9 Å². The van der Waals surface area contributed by atoms with Crippen LogP contribution in [0.3, 0.4) is 0 Å². The molecule has 3 unspecified atom stereocenters. The van der Waals surface area contributed by atoms with E-state index >= 15 is 0 Å². The second kappa shape index (κ2) is 12.4. The van der Waals surface area contributed by atoms with Crippen molar-refractivity contribution >= 4 is 0 Å². The van der Waals surface area contributed by atoms with Gasteiger partial charge < -0.3 is 0 Å². The number of benzene rings is 2. The molecule has 2 aromatic rings. The van der Waals surface area contributed by atoms with E-state index in [1.54, 1.807) is 6.07 Å². The zero-order chi connectivity index (χ0) is 21.9. The molecule has 0 bridgehead atoms. The molecule has 0 aromatic heterocycles. The van der Waals surface area contributed by atoms with Gasteiger partial charge in [0, 0.05) is 25.4 Å². The Labute approximate surface area is 180 Å². The predicted molar refractivity (Wildman–Crippen MR) is 120 cm³/mol. The molecule has 2 aromatic carbocycles. The van der Waals surface area contributed by atoms with Crippen LogP contribution in [0.15, 0.2) is 54.6 Å². The lowest BCUT2D eigenvalue weighted by Crippen LogP contribution is -2.29. The molecule has 0 N–H and O–H groups in total. The highest BCUT2D eigenvalue weighted by molar-refractivity contribution is 5.28. The summed E-state index contributed by atoms with van der Waals surface area (Å²) in [6.07, 6.45) is 1.56. The van der Waals surface area contributed by atoms with E-state index in [0.29, 0.717) is 25.3 Å². The van der Waals surface area contributed by atoms with E-state index in [9.17, 15) is 8.78 Å². The van der Waals surface area contributed by atoms with Crippen molar-refractivity contribution in [1.82, 2.24) is 4.90 Å². The first-order chi connectivity index (χ1) is 14.5. The molecule has 1 aliphatic rings. The summed E-state index contributed by atoms with van der Waals surface area (Å²) in [5, 5.41) is 7.32. The minimum atomic E-state index is -1.05. The molecule has 0 heterocycles. The summed E-state index contributed by atoms with van der Waals surface area (Å²) < 4.78 is 28.3. The van der Waals surface area contributed by atoms with E-state index in [2.05, 4.69) is 43.1 Å². The quantitative estimate of drug-likeness (QED) is 0.511. The van der Waals surface area contributed by atoms with Crippen LogP contribution in [0.5, 0.6) is 0 Å². The molecule has 2 nitrogen and oxygen atoms in total. The zero-order valence-electron chi connectivity index (χ0n) is 18.4. The molecule has 1 fully saturated rings. The molecule has 0 saturated heterocycles. The standard InChI is InChI=1S/C24H31F2N.C2H3N/c1-18(27(2)17-20-7-4-3-5-8-20)11-12-19-13-15-21(16-14-19)24-22(25)9-6-10-23(24)26;1-2-3/h3-5,7-8,13-16,18,22-24H,6,9-12,17H2,1-2H3;1H3. The van der Waals surface area contributed by atoms with E-state index in [4.69, 9.17) is 5.26 Å². The molecule has 3 rings (SSSR count). The first-order valence-corrected chi connectivity index (χ1v) is 10.9. The fourth-order valence-electron chi connectivity index (χ4n) is 4.04. The van der Waals surface area contributed by atoms with Crippen LogP contribution in [-0.4, -0.2) is 30.3 Å². The Bertz CT molecular complexity index is 760. The number of nitrogens with zero attached hydrogens (tertiary/aromatic N) is 2. The zero-order valence-corrected chi connectivity index (χ0v) is 18.4. The summed E-state index contributed by atoms with van der Waals surface area (Å²) in [7, 11) is 2.16. The molecule has 0 aliphatic heterocycles. The van der Waals surface area contributed by atoms with Crippen molar-refractivity contribution in [3.05, 3.63) is 71.3 Å². The van der Waals surface area contributed by atoms with Gasteiger partial charge in [-0.3, -0.25) is 4.90 Å². The lowest BCUT2D eigenvalue weighted by Gasteiger charge is -2.29. The number of aryl methyl sites for hydroxylation is 1. The highest BCUT2D eigenvalue weighted by Crippen LogP contribution is 2.37. The van der Waals surface area contributed by atoms with E-state index in [1.807, 2.05) is 30.3 Å². The second-order valence-electron chi connectivity index (χ2n) is 8.24. The molecule has 0 spiro atoms. The Morgan fingerprint density at radius 2 is 1.57 bits per heavy atom. The van der Waals surface area contributed by atoms with Gasteiger partial charge >= 0.3 is 0 Å². The van der Waals surface area contributed by atoms with Crippen LogP contribution in [0.25, 0.3) is 0 Å². The lowest BCUT2D eigenvalue weighted by atomic mass is 9.81. The Hall–Kier alpha value is -2.25. The monoisotopic (exact) mass is 412 g/mol. The normalized spacial score (nSPS) is 22.0. The molecule has 1 saturated carbocycles. The molecule has 162 valence electrons. The molecule has 0 radical (unpaired) electrons. The third-order valence-corrected chi connectivity index (χ3v) is 5.98. The van der Waals surface area contributed by atoms with Crippen LogP contribution in [0.1, 0.15) is 62.1 Å². The van der Waals surface area contributed by atoms with E-state index in [-0.39, 0.29) is 0 Å². The van der Waals surface area contributed by atoms with Crippen molar-refractivity contribution in [2.45, 2.75) is 76.8 Å². The number of nitriles is 1. The SMILES string of the molecule is CC#N.CC(CCc1ccc(C2C(F)CCCC2F)cc1)N(C)Cc1ccccc1. The Balaban J connectivity index is 0.00000101. The molecular weight excluding hydrogens is 378 g/mol. The van der Waals surface area contributed by atoms with Crippen LogP contribution >= 0.6 is 0 Å². The minimum Gasteiger partial charge on any atom is -0.299 e. The first-order valence-electron chi connectivity index (χ1n) is 10.9. The van der Waals surface area contributed by atoms with Crippen molar-refractivity contribution in [3.8, 4) is 6.07 Å². The van der Waals surface area contributed by atoms with Gasteiger partial charge in [0.1, 0.15) is 12.3 Å². The summed E-state index contributed by atoms with van der Waals surface area (Å²) in [6.45, 7) is 4.62. The molecule has 4 heteroatoms. The summed E-state index contributed by atoms with van der Waals surface area (Å²) in [5.41, 5.74) is 3.37. The van der Waals surface area contributed by atoms with Gasteiger partial charge in [0.15, 0.2) is 0 Å². The largest absolute Gasteiger partial charge is 0.299 e. The Morgan fingerprint density at radius 1 is 1.00 bits per heavy atom.